The molecule has 1 aromatic heterocycles. The number of hydrogen-bond acceptors (Lipinski definition) is 3. The lowest BCUT2D eigenvalue weighted by atomic mass is 10.1. The minimum atomic E-state index is -1.04. The SMILES string of the molecule is Cc1csc(C(=O)O)c1NC(=O)Cc1ccc(Cl)cc1. The van der Waals surface area contributed by atoms with Crippen molar-refractivity contribution in [2.75, 3.05) is 5.32 Å². The number of carbonyl (C=O) groups is 2. The third-order valence-electron chi connectivity index (χ3n) is 2.71. The van der Waals surface area contributed by atoms with Gasteiger partial charge in [-0.05, 0) is 35.6 Å². The molecule has 0 aliphatic carbocycles. The summed E-state index contributed by atoms with van der Waals surface area (Å²) in [4.78, 5) is 23.2. The molecule has 2 aromatic rings. The Morgan fingerprint density at radius 2 is 1.95 bits per heavy atom. The molecule has 1 aromatic carbocycles. The van der Waals surface area contributed by atoms with Crippen LogP contribution in [0.25, 0.3) is 0 Å². The van der Waals surface area contributed by atoms with Crippen LogP contribution in [0.2, 0.25) is 5.02 Å². The van der Waals surface area contributed by atoms with Gasteiger partial charge in [-0.1, -0.05) is 23.7 Å². The second-order valence-electron chi connectivity index (χ2n) is 4.28. The fourth-order valence-electron chi connectivity index (χ4n) is 1.73. The van der Waals surface area contributed by atoms with Gasteiger partial charge in [0.15, 0.2) is 0 Å². The van der Waals surface area contributed by atoms with Crippen LogP contribution in [0.1, 0.15) is 20.8 Å². The molecule has 0 aliphatic heterocycles. The quantitative estimate of drug-likeness (QED) is 0.907. The first-order valence-corrected chi connectivity index (χ1v) is 7.09. The number of halogens is 1. The number of hydrogen-bond donors (Lipinski definition) is 2. The van der Waals surface area contributed by atoms with Gasteiger partial charge in [0.1, 0.15) is 4.88 Å². The molecule has 2 N–H and O–H groups in total. The second kappa shape index (κ2) is 6.07. The molecule has 2 rings (SSSR count). The summed E-state index contributed by atoms with van der Waals surface area (Å²) in [7, 11) is 0. The lowest BCUT2D eigenvalue weighted by Crippen LogP contribution is -2.16. The van der Waals surface area contributed by atoms with Crippen LogP contribution in [0.5, 0.6) is 0 Å². The van der Waals surface area contributed by atoms with Crippen molar-refractivity contribution in [2.24, 2.45) is 0 Å². The van der Waals surface area contributed by atoms with Crippen molar-refractivity contribution in [1.29, 1.82) is 0 Å². The number of thiophene rings is 1. The van der Waals surface area contributed by atoms with Gasteiger partial charge >= 0.3 is 5.97 Å². The van der Waals surface area contributed by atoms with Crippen LogP contribution < -0.4 is 5.32 Å². The molecule has 0 unspecified atom stereocenters. The van der Waals surface area contributed by atoms with Crippen LogP contribution in [-0.2, 0) is 11.2 Å². The zero-order valence-electron chi connectivity index (χ0n) is 10.6. The first-order valence-electron chi connectivity index (χ1n) is 5.83. The Morgan fingerprint density at radius 1 is 1.30 bits per heavy atom. The zero-order chi connectivity index (χ0) is 14.7. The van der Waals surface area contributed by atoms with E-state index < -0.39 is 5.97 Å². The van der Waals surface area contributed by atoms with Crippen LogP contribution in [0.15, 0.2) is 29.6 Å². The highest BCUT2D eigenvalue weighted by Crippen LogP contribution is 2.27. The molecule has 4 nitrogen and oxygen atoms in total. The topological polar surface area (TPSA) is 66.4 Å². The number of benzene rings is 1. The van der Waals surface area contributed by atoms with E-state index in [-0.39, 0.29) is 17.2 Å². The molecule has 0 radical (unpaired) electrons. The minimum absolute atomic E-state index is 0.145. The summed E-state index contributed by atoms with van der Waals surface area (Å²) < 4.78 is 0. The summed E-state index contributed by atoms with van der Waals surface area (Å²) in [6.45, 7) is 1.76. The summed E-state index contributed by atoms with van der Waals surface area (Å²) in [5.41, 5.74) is 1.94. The molecular weight excluding hydrogens is 298 g/mol. The number of amides is 1. The molecule has 0 aliphatic rings. The molecule has 6 heteroatoms. The summed E-state index contributed by atoms with van der Waals surface area (Å²) >= 11 is 6.88. The number of aryl methyl sites for hydroxylation is 1. The standard InChI is InChI=1S/C14H12ClNO3S/c1-8-7-20-13(14(18)19)12(8)16-11(17)6-9-2-4-10(15)5-3-9/h2-5,7H,6H2,1H3,(H,16,17)(H,18,19). The van der Waals surface area contributed by atoms with Crippen molar-refractivity contribution in [2.45, 2.75) is 13.3 Å². The molecule has 104 valence electrons. The van der Waals surface area contributed by atoms with Crippen LogP contribution in [0.3, 0.4) is 0 Å². The fraction of sp³-hybridized carbons (Fsp3) is 0.143. The fourth-order valence-corrected chi connectivity index (χ4v) is 2.70. The summed E-state index contributed by atoms with van der Waals surface area (Å²) in [5.74, 6) is -1.29. The van der Waals surface area contributed by atoms with Gasteiger partial charge in [-0.2, -0.15) is 0 Å². The molecule has 20 heavy (non-hydrogen) atoms. The van der Waals surface area contributed by atoms with Crippen LogP contribution in [0.4, 0.5) is 5.69 Å². The van der Waals surface area contributed by atoms with Crippen molar-refractivity contribution in [1.82, 2.24) is 0 Å². The average molecular weight is 310 g/mol. The molecule has 0 saturated heterocycles. The van der Waals surface area contributed by atoms with Crippen molar-refractivity contribution >= 4 is 40.5 Å². The smallest absolute Gasteiger partial charge is 0.348 e. The van der Waals surface area contributed by atoms with E-state index in [1.165, 1.54) is 0 Å². The third kappa shape index (κ3) is 3.37. The van der Waals surface area contributed by atoms with Crippen LogP contribution in [-0.4, -0.2) is 17.0 Å². The Morgan fingerprint density at radius 3 is 2.55 bits per heavy atom. The maximum Gasteiger partial charge on any atom is 0.348 e. The van der Waals surface area contributed by atoms with E-state index in [9.17, 15) is 9.59 Å². The molecule has 0 spiro atoms. The molecule has 0 bridgehead atoms. The Balaban J connectivity index is 2.10. The van der Waals surface area contributed by atoms with Crippen LogP contribution >= 0.6 is 22.9 Å². The Kier molecular flexibility index (Phi) is 4.42. The molecule has 0 fully saturated rings. The number of anilines is 1. The number of carboxylic acids is 1. The molecule has 1 amide bonds. The van der Waals surface area contributed by atoms with E-state index in [1.807, 2.05) is 0 Å². The Labute approximate surface area is 125 Å². The van der Waals surface area contributed by atoms with Crippen molar-refractivity contribution in [3.63, 3.8) is 0 Å². The average Bonchev–Trinajstić information content (AvgIpc) is 2.74. The van der Waals surface area contributed by atoms with Gasteiger partial charge < -0.3 is 10.4 Å². The van der Waals surface area contributed by atoms with Gasteiger partial charge in [0.05, 0.1) is 12.1 Å². The maximum atomic E-state index is 12.0. The highest BCUT2D eigenvalue weighted by molar-refractivity contribution is 7.12. The van der Waals surface area contributed by atoms with Gasteiger partial charge in [0.25, 0.3) is 0 Å². The predicted molar refractivity (Wildman–Crippen MR) is 79.8 cm³/mol. The van der Waals surface area contributed by atoms with E-state index in [0.29, 0.717) is 10.7 Å². The highest BCUT2D eigenvalue weighted by Gasteiger charge is 2.17. The normalized spacial score (nSPS) is 10.3. The summed E-state index contributed by atoms with van der Waals surface area (Å²) in [5, 5.41) is 14.0. The highest BCUT2D eigenvalue weighted by atomic mass is 35.5. The first kappa shape index (κ1) is 14.6. The Hall–Kier alpha value is -1.85. The van der Waals surface area contributed by atoms with E-state index in [1.54, 1.807) is 36.6 Å². The third-order valence-corrected chi connectivity index (χ3v) is 4.05. The number of rotatable bonds is 4. The van der Waals surface area contributed by atoms with Crippen molar-refractivity contribution < 1.29 is 14.7 Å². The van der Waals surface area contributed by atoms with Gasteiger partial charge in [-0.15, -0.1) is 11.3 Å². The Bertz CT molecular complexity index is 649. The number of carbonyl (C=O) groups excluding carboxylic acids is 1. The summed E-state index contributed by atoms with van der Waals surface area (Å²) in [6.07, 6.45) is 0.172. The molecule has 1 heterocycles. The van der Waals surface area contributed by atoms with Gasteiger partial charge in [0.2, 0.25) is 5.91 Å². The molecular formula is C14H12ClNO3S. The lowest BCUT2D eigenvalue weighted by Gasteiger charge is -2.06. The van der Waals surface area contributed by atoms with Gasteiger partial charge in [0, 0.05) is 5.02 Å². The van der Waals surface area contributed by atoms with E-state index in [0.717, 1.165) is 22.5 Å². The minimum Gasteiger partial charge on any atom is -0.477 e. The van der Waals surface area contributed by atoms with E-state index >= 15 is 0 Å². The van der Waals surface area contributed by atoms with E-state index in [2.05, 4.69) is 5.32 Å². The van der Waals surface area contributed by atoms with Crippen molar-refractivity contribution in [3.8, 4) is 0 Å². The van der Waals surface area contributed by atoms with Crippen LogP contribution in [0, 0.1) is 6.92 Å². The monoisotopic (exact) mass is 309 g/mol. The van der Waals surface area contributed by atoms with Crippen molar-refractivity contribution in [3.05, 3.63) is 50.7 Å². The predicted octanol–water partition coefficient (Wildman–Crippen LogP) is 3.59. The number of nitrogens with one attached hydrogen (secondary N) is 1. The van der Waals surface area contributed by atoms with E-state index in [4.69, 9.17) is 16.7 Å². The molecule has 0 saturated carbocycles. The second-order valence-corrected chi connectivity index (χ2v) is 5.60. The maximum absolute atomic E-state index is 12.0. The summed E-state index contributed by atoms with van der Waals surface area (Å²) in [6, 6.07) is 6.95. The number of carboxylic acid groups (broad SMARTS) is 1. The number of aromatic carboxylic acids is 1. The molecule has 0 atom stereocenters. The zero-order valence-corrected chi connectivity index (χ0v) is 12.2. The van der Waals surface area contributed by atoms with Gasteiger partial charge in [-0.25, -0.2) is 4.79 Å². The largest absolute Gasteiger partial charge is 0.477 e. The first-order chi connectivity index (χ1) is 9.47. The lowest BCUT2D eigenvalue weighted by molar-refractivity contribution is -0.115. The van der Waals surface area contributed by atoms with Gasteiger partial charge in [-0.3, -0.25) is 4.79 Å².